The van der Waals surface area contributed by atoms with Crippen molar-refractivity contribution in [2.45, 2.75) is 13.5 Å². The van der Waals surface area contributed by atoms with Gasteiger partial charge in [0.1, 0.15) is 11.4 Å². The van der Waals surface area contributed by atoms with E-state index in [1.807, 2.05) is 30.1 Å². The lowest BCUT2D eigenvalue weighted by Gasteiger charge is -2.36. The summed E-state index contributed by atoms with van der Waals surface area (Å²) in [6.45, 7) is 7.28. The number of nitrogens with zero attached hydrogens (tertiary/aromatic N) is 6. The van der Waals surface area contributed by atoms with E-state index < -0.39 is 0 Å². The molecule has 3 aromatic rings. The van der Waals surface area contributed by atoms with Crippen molar-refractivity contribution in [3.05, 3.63) is 63.8 Å². The number of rotatable bonds is 6. The SMILES string of the molecule is CCN1CCN(c2ccc(Nc3ncc4c(n3)N(C)CN(c3c(Cl)cccc3Cl)C4=O)cc2CO)CC1. The van der Waals surface area contributed by atoms with Crippen molar-refractivity contribution in [1.82, 2.24) is 14.9 Å². The van der Waals surface area contributed by atoms with E-state index >= 15 is 0 Å². The smallest absolute Gasteiger partial charge is 0.265 e. The van der Waals surface area contributed by atoms with Gasteiger partial charge in [0.15, 0.2) is 0 Å². The summed E-state index contributed by atoms with van der Waals surface area (Å²) in [7, 11) is 1.84. The van der Waals surface area contributed by atoms with E-state index in [2.05, 4.69) is 32.0 Å². The third kappa shape index (κ3) is 5.04. The van der Waals surface area contributed by atoms with Gasteiger partial charge in [-0.05, 0) is 36.9 Å². The number of hydrogen-bond donors (Lipinski definition) is 2. The van der Waals surface area contributed by atoms with E-state index in [9.17, 15) is 9.90 Å². The van der Waals surface area contributed by atoms with Crippen LogP contribution < -0.4 is 20.0 Å². The monoisotopic (exact) mass is 541 g/mol. The molecule has 194 valence electrons. The van der Waals surface area contributed by atoms with Gasteiger partial charge in [-0.3, -0.25) is 9.69 Å². The zero-order valence-electron chi connectivity index (χ0n) is 20.8. The Morgan fingerprint density at radius 3 is 2.49 bits per heavy atom. The minimum absolute atomic E-state index is 0.0679. The third-order valence-electron chi connectivity index (χ3n) is 6.83. The van der Waals surface area contributed by atoms with Crippen molar-refractivity contribution in [1.29, 1.82) is 0 Å². The van der Waals surface area contributed by atoms with Crippen molar-refractivity contribution in [3.63, 3.8) is 0 Å². The van der Waals surface area contributed by atoms with Crippen molar-refractivity contribution >= 4 is 57.9 Å². The zero-order chi connectivity index (χ0) is 26.1. The minimum Gasteiger partial charge on any atom is -0.392 e. The maximum atomic E-state index is 13.3. The van der Waals surface area contributed by atoms with Crippen LogP contribution in [0.2, 0.25) is 10.0 Å². The number of carbonyl (C=O) groups excluding carboxylic acids is 1. The molecular weight excluding hydrogens is 513 g/mol. The Morgan fingerprint density at radius 1 is 1.08 bits per heavy atom. The molecule has 0 spiro atoms. The molecule has 2 N–H and O–H groups in total. The molecule has 0 unspecified atom stereocenters. The Labute approximate surface area is 226 Å². The van der Waals surface area contributed by atoms with Crippen LogP contribution in [0.5, 0.6) is 0 Å². The first kappa shape index (κ1) is 25.5. The Hall–Kier alpha value is -3.11. The molecule has 9 nitrogen and oxygen atoms in total. The van der Waals surface area contributed by atoms with Gasteiger partial charge in [-0.15, -0.1) is 0 Å². The molecule has 1 fully saturated rings. The molecule has 1 amide bonds. The van der Waals surface area contributed by atoms with E-state index in [0.29, 0.717) is 33.1 Å². The Kier molecular flexibility index (Phi) is 7.39. The van der Waals surface area contributed by atoms with Crippen molar-refractivity contribution in [2.24, 2.45) is 0 Å². The van der Waals surface area contributed by atoms with E-state index in [1.54, 1.807) is 18.2 Å². The maximum Gasteiger partial charge on any atom is 0.265 e. The summed E-state index contributed by atoms with van der Waals surface area (Å²) in [5.74, 6) is 0.593. The Balaban J connectivity index is 1.36. The predicted octanol–water partition coefficient (Wildman–Crippen LogP) is 4.22. The first-order valence-corrected chi connectivity index (χ1v) is 13.0. The fourth-order valence-corrected chi connectivity index (χ4v) is 5.42. The van der Waals surface area contributed by atoms with Gasteiger partial charge in [0.05, 0.1) is 29.0 Å². The summed E-state index contributed by atoms with van der Waals surface area (Å²) in [6, 6.07) is 11.0. The van der Waals surface area contributed by atoms with Crippen LogP contribution >= 0.6 is 23.2 Å². The minimum atomic E-state index is -0.273. The third-order valence-corrected chi connectivity index (χ3v) is 7.44. The molecule has 1 aromatic heterocycles. The maximum absolute atomic E-state index is 13.3. The number of para-hydroxylation sites is 1. The van der Waals surface area contributed by atoms with Crippen LogP contribution in [-0.4, -0.2) is 72.3 Å². The molecule has 0 aliphatic carbocycles. The number of piperazine rings is 1. The van der Waals surface area contributed by atoms with E-state index in [0.717, 1.165) is 49.7 Å². The summed E-state index contributed by atoms with van der Waals surface area (Å²) in [5, 5.41) is 14.1. The predicted molar refractivity (Wildman–Crippen MR) is 149 cm³/mol. The number of likely N-dealkylation sites (N-methyl/N-ethyl adjacent to an activating group) is 1. The van der Waals surface area contributed by atoms with Gasteiger partial charge in [-0.1, -0.05) is 36.2 Å². The summed E-state index contributed by atoms with van der Waals surface area (Å²) in [5.41, 5.74) is 3.46. The Morgan fingerprint density at radius 2 is 1.81 bits per heavy atom. The standard InChI is InChI=1S/C26H29Cl2N7O2/c1-3-33-9-11-34(12-10-33)22-8-7-18(13-17(22)15-36)30-26-29-14-19-24(31-26)32(2)16-35(25(19)37)23-20(27)5-4-6-21(23)28/h4-8,13-14,36H,3,9-12,15-16H2,1-2H3,(H,29,30,31). The lowest BCUT2D eigenvalue weighted by atomic mass is 10.1. The molecule has 37 heavy (non-hydrogen) atoms. The molecule has 0 saturated carbocycles. The molecule has 1 saturated heterocycles. The molecule has 5 rings (SSSR count). The van der Waals surface area contributed by atoms with Crippen molar-refractivity contribution in [2.75, 3.05) is 66.5 Å². The van der Waals surface area contributed by atoms with Crippen LogP contribution in [0.1, 0.15) is 22.8 Å². The van der Waals surface area contributed by atoms with Crippen molar-refractivity contribution in [3.8, 4) is 0 Å². The fraction of sp³-hybridized carbons (Fsp3) is 0.346. The number of benzene rings is 2. The first-order chi connectivity index (χ1) is 17.9. The lowest BCUT2D eigenvalue weighted by Crippen LogP contribution is -2.46. The number of carbonyl (C=O) groups is 1. The average Bonchev–Trinajstić information content (AvgIpc) is 2.91. The van der Waals surface area contributed by atoms with Gasteiger partial charge < -0.3 is 25.1 Å². The van der Waals surface area contributed by atoms with Crippen LogP contribution in [0.25, 0.3) is 0 Å². The zero-order valence-corrected chi connectivity index (χ0v) is 22.3. The van der Waals surface area contributed by atoms with Gasteiger partial charge in [0, 0.05) is 56.4 Å². The van der Waals surface area contributed by atoms with Gasteiger partial charge in [0.2, 0.25) is 5.95 Å². The number of aliphatic hydroxyl groups is 1. The highest BCUT2D eigenvalue weighted by molar-refractivity contribution is 6.40. The normalized spacial score (nSPS) is 16.2. The second-order valence-corrected chi connectivity index (χ2v) is 9.94. The molecule has 3 heterocycles. The summed E-state index contributed by atoms with van der Waals surface area (Å²) in [6.07, 6.45) is 1.51. The van der Waals surface area contributed by atoms with Crippen molar-refractivity contribution < 1.29 is 9.90 Å². The number of hydrogen-bond acceptors (Lipinski definition) is 8. The summed E-state index contributed by atoms with van der Waals surface area (Å²) >= 11 is 12.7. The Bertz CT molecular complexity index is 1290. The molecule has 11 heteroatoms. The average molecular weight is 542 g/mol. The van der Waals surface area contributed by atoms with E-state index in [4.69, 9.17) is 23.2 Å². The lowest BCUT2D eigenvalue weighted by molar-refractivity contribution is 0.0982. The summed E-state index contributed by atoms with van der Waals surface area (Å²) < 4.78 is 0. The van der Waals surface area contributed by atoms with Crippen LogP contribution in [0, 0.1) is 0 Å². The molecule has 0 radical (unpaired) electrons. The second kappa shape index (κ2) is 10.7. The topological polar surface area (TPSA) is 88.1 Å². The molecule has 0 atom stereocenters. The largest absolute Gasteiger partial charge is 0.392 e. The highest BCUT2D eigenvalue weighted by Gasteiger charge is 2.32. The molecule has 0 bridgehead atoms. The number of amides is 1. The molecule has 2 aliphatic rings. The van der Waals surface area contributed by atoms with Gasteiger partial charge in [-0.25, -0.2) is 4.98 Å². The van der Waals surface area contributed by atoms with Crippen LogP contribution in [0.3, 0.4) is 0 Å². The first-order valence-electron chi connectivity index (χ1n) is 12.2. The highest BCUT2D eigenvalue weighted by Crippen LogP contribution is 2.37. The van der Waals surface area contributed by atoms with Crippen LogP contribution in [-0.2, 0) is 6.61 Å². The number of aromatic nitrogens is 2. The molecular formula is C26H29Cl2N7O2. The van der Waals surface area contributed by atoms with E-state index in [-0.39, 0.29) is 19.2 Å². The number of aliphatic hydroxyl groups excluding tert-OH is 1. The number of nitrogens with one attached hydrogen (secondary N) is 1. The quantitative estimate of drug-likeness (QED) is 0.479. The number of fused-ring (bicyclic) bond motifs is 1. The number of anilines is 5. The molecule has 2 aliphatic heterocycles. The highest BCUT2D eigenvalue weighted by atomic mass is 35.5. The van der Waals surface area contributed by atoms with Gasteiger partial charge in [-0.2, -0.15) is 4.98 Å². The van der Waals surface area contributed by atoms with Crippen LogP contribution in [0.4, 0.5) is 28.8 Å². The fourth-order valence-electron chi connectivity index (χ4n) is 4.82. The number of halogens is 2. The van der Waals surface area contributed by atoms with Gasteiger partial charge in [0.25, 0.3) is 5.91 Å². The van der Waals surface area contributed by atoms with Gasteiger partial charge >= 0.3 is 0 Å². The van der Waals surface area contributed by atoms with E-state index in [1.165, 1.54) is 11.1 Å². The van der Waals surface area contributed by atoms with Crippen LogP contribution in [0.15, 0.2) is 42.6 Å². The second-order valence-electron chi connectivity index (χ2n) is 9.12. The summed E-state index contributed by atoms with van der Waals surface area (Å²) in [4.78, 5) is 30.4. The molecule has 2 aromatic carbocycles.